The second-order valence-electron chi connectivity index (χ2n) is 3.83. The van der Waals surface area contributed by atoms with E-state index in [0.29, 0.717) is 5.56 Å². The van der Waals surface area contributed by atoms with Crippen LogP contribution in [0.1, 0.15) is 29.5 Å². The summed E-state index contributed by atoms with van der Waals surface area (Å²) in [4.78, 5) is 11.5. The first-order chi connectivity index (χ1) is 8.15. The topological polar surface area (TPSA) is 39.4 Å². The van der Waals surface area contributed by atoms with E-state index in [0.717, 1.165) is 33.1 Å². The molecule has 90 valence electrons. The van der Waals surface area contributed by atoms with Crippen molar-refractivity contribution >= 4 is 39.5 Å². The van der Waals surface area contributed by atoms with Crippen molar-refractivity contribution in [1.82, 2.24) is 0 Å². The van der Waals surface area contributed by atoms with Crippen LogP contribution in [0.25, 0.3) is 11.0 Å². The number of ether oxygens (including phenoxy) is 1. The smallest absolute Gasteiger partial charge is 0.337 e. The predicted molar refractivity (Wildman–Crippen MR) is 74.3 cm³/mol. The van der Waals surface area contributed by atoms with Gasteiger partial charge in [0.15, 0.2) is 0 Å². The molecule has 0 amide bonds. The van der Waals surface area contributed by atoms with Crippen molar-refractivity contribution in [3.63, 3.8) is 0 Å². The lowest BCUT2D eigenvalue weighted by Gasteiger charge is -2.00. The summed E-state index contributed by atoms with van der Waals surface area (Å²) < 4.78 is 11.4. The van der Waals surface area contributed by atoms with Gasteiger partial charge in [0.1, 0.15) is 11.3 Å². The second-order valence-corrected chi connectivity index (χ2v) is 4.99. The van der Waals surface area contributed by atoms with Crippen LogP contribution in [0.15, 0.2) is 22.6 Å². The number of hydrogen-bond donors (Lipinski definition) is 0. The Balaban J connectivity index is 2.53. The zero-order valence-corrected chi connectivity index (χ0v) is 11.9. The lowest BCUT2D eigenvalue weighted by Crippen LogP contribution is -2.01. The molecule has 4 heteroatoms. The van der Waals surface area contributed by atoms with Crippen molar-refractivity contribution in [3.05, 3.63) is 33.1 Å². The van der Waals surface area contributed by atoms with Gasteiger partial charge in [0, 0.05) is 11.8 Å². The van der Waals surface area contributed by atoms with Crippen LogP contribution in [0, 0.1) is 3.57 Å². The maximum atomic E-state index is 11.5. The lowest BCUT2D eigenvalue weighted by molar-refractivity contribution is 0.0601. The van der Waals surface area contributed by atoms with Crippen molar-refractivity contribution in [1.29, 1.82) is 0 Å². The van der Waals surface area contributed by atoms with Gasteiger partial charge in [-0.25, -0.2) is 4.79 Å². The number of fused-ring (bicyclic) bond motifs is 1. The third kappa shape index (κ3) is 2.46. The van der Waals surface area contributed by atoms with Gasteiger partial charge < -0.3 is 9.15 Å². The molecule has 0 aliphatic rings. The molecule has 1 aromatic heterocycles. The van der Waals surface area contributed by atoms with Crippen molar-refractivity contribution in [3.8, 4) is 0 Å². The van der Waals surface area contributed by atoms with Gasteiger partial charge in [0.25, 0.3) is 0 Å². The average Bonchev–Trinajstić information content (AvgIpc) is 2.71. The first-order valence-electron chi connectivity index (χ1n) is 5.46. The Hall–Kier alpha value is -1.04. The van der Waals surface area contributed by atoms with Crippen molar-refractivity contribution in [2.24, 2.45) is 0 Å². The minimum absolute atomic E-state index is 0.317. The zero-order valence-electron chi connectivity index (χ0n) is 9.75. The van der Waals surface area contributed by atoms with Crippen LogP contribution >= 0.6 is 22.6 Å². The summed E-state index contributed by atoms with van der Waals surface area (Å²) >= 11 is 2.17. The first-order valence-corrected chi connectivity index (χ1v) is 6.54. The van der Waals surface area contributed by atoms with Gasteiger partial charge in [-0.3, -0.25) is 0 Å². The highest BCUT2D eigenvalue weighted by atomic mass is 127. The number of hydrogen-bond acceptors (Lipinski definition) is 3. The maximum Gasteiger partial charge on any atom is 0.337 e. The lowest BCUT2D eigenvalue weighted by atomic mass is 10.1. The Bertz CT molecular complexity index is 557. The highest BCUT2D eigenvalue weighted by Crippen LogP contribution is 2.27. The molecule has 0 aliphatic carbocycles. The third-order valence-corrected chi connectivity index (χ3v) is 3.34. The molecule has 0 fully saturated rings. The van der Waals surface area contributed by atoms with Crippen LogP contribution in [0.2, 0.25) is 0 Å². The molecule has 3 nitrogen and oxygen atoms in total. The van der Waals surface area contributed by atoms with Crippen LogP contribution < -0.4 is 0 Å². The Morgan fingerprint density at radius 2 is 2.18 bits per heavy atom. The maximum absolute atomic E-state index is 11.5. The summed E-state index contributed by atoms with van der Waals surface area (Å²) in [5.41, 5.74) is 1.41. The summed E-state index contributed by atoms with van der Waals surface area (Å²) in [6.07, 6.45) is 1.96. The summed E-state index contributed by atoms with van der Waals surface area (Å²) in [5.74, 6) is 0.644. The molecule has 1 aromatic carbocycles. The fourth-order valence-electron chi connectivity index (χ4n) is 1.77. The van der Waals surface area contributed by atoms with E-state index in [1.54, 1.807) is 6.07 Å². The summed E-state index contributed by atoms with van der Waals surface area (Å²) in [5, 5.41) is 0.959. The molecule has 17 heavy (non-hydrogen) atoms. The SMILES string of the molecule is CCCc1cc2cc(C(=O)OC)cc(I)c2o1. The average molecular weight is 344 g/mol. The molecule has 0 bridgehead atoms. The number of halogens is 1. The number of methoxy groups -OCH3 is 1. The highest BCUT2D eigenvalue weighted by molar-refractivity contribution is 14.1. The van der Waals surface area contributed by atoms with Gasteiger partial charge in [0.05, 0.1) is 16.2 Å². The van der Waals surface area contributed by atoms with Gasteiger partial charge in [-0.05, 0) is 47.2 Å². The molecule has 2 aromatic rings. The van der Waals surface area contributed by atoms with Gasteiger partial charge in [-0.2, -0.15) is 0 Å². The summed E-state index contributed by atoms with van der Waals surface area (Å²) in [6, 6.07) is 5.59. The normalized spacial score (nSPS) is 10.8. The number of aryl methyl sites for hydroxylation is 1. The third-order valence-electron chi connectivity index (χ3n) is 2.54. The molecule has 0 atom stereocenters. The molecular weight excluding hydrogens is 331 g/mol. The predicted octanol–water partition coefficient (Wildman–Crippen LogP) is 3.78. The Kier molecular flexibility index (Phi) is 3.71. The minimum Gasteiger partial charge on any atom is -0.465 e. The van der Waals surface area contributed by atoms with E-state index in [4.69, 9.17) is 9.15 Å². The molecule has 0 saturated heterocycles. The number of esters is 1. The van der Waals surface area contributed by atoms with E-state index in [-0.39, 0.29) is 5.97 Å². The van der Waals surface area contributed by atoms with Crippen LogP contribution in [-0.4, -0.2) is 13.1 Å². The van der Waals surface area contributed by atoms with Crippen LogP contribution in [0.4, 0.5) is 0 Å². The molecule has 0 unspecified atom stereocenters. The largest absolute Gasteiger partial charge is 0.465 e. The number of carbonyl (C=O) groups is 1. The molecule has 0 aliphatic heterocycles. The van der Waals surface area contributed by atoms with Crippen LogP contribution in [-0.2, 0) is 11.2 Å². The standard InChI is InChI=1S/C13H13IO3/c1-3-4-10-6-8-5-9(13(15)16-2)7-11(14)12(8)17-10/h5-7H,3-4H2,1-2H3. The number of furan rings is 1. The number of rotatable bonds is 3. The first kappa shape index (κ1) is 12.4. The zero-order chi connectivity index (χ0) is 12.4. The van der Waals surface area contributed by atoms with Crippen molar-refractivity contribution in [2.45, 2.75) is 19.8 Å². The van der Waals surface area contributed by atoms with Gasteiger partial charge in [-0.15, -0.1) is 0 Å². The van der Waals surface area contributed by atoms with Crippen molar-refractivity contribution < 1.29 is 13.9 Å². The fraction of sp³-hybridized carbons (Fsp3) is 0.308. The second kappa shape index (κ2) is 5.08. The van der Waals surface area contributed by atoms with Crippen LogP contribution in [0.3, 0.4) is 0 Å². The van der Waals surface area contributed by atoms with Gasteiger partial charge in [0.2, 0.25) is 0 Å². The highest BCUT2D eigenvalue weighted by Gasteiger charge is 2.12. The number of benzene rings is 1. The van der Waals surface area contributed by atoms with E-state index < -0.39 is 0 Å². The molecule has 0 radical (unpaired) electrons. The Morgan fingerprint density at radius 3 is 2.82 bits per heavy atom. The van der Waals surface area contributed by atoms with Crippen LogP contribution in [0.5, 0.6) is 0 Å². The van der Waals surface area contributed by atoms with E-state index in [1.165, 1.54) is 7.11 Å². The van der Waals surface area contributed by atoms with Gasteiger partial charge >= 0.3 is 5.97 Å². The van der Waals surface area contributed by atoms with E-state index in [2.05, 4.69) is 29.5 Å². The quantitative estimate of drug-likeness (QED) is 0.628. The minimum atomic E-state index is -0.317. The molecule has 0 N–H and O–H groups in total. The van der Waals surface area contributed by atoms with E-state index in [1.807, 2.05) is 12.1 Å². The monoisotopic (exact) mass is 344 g/mol. The molecule has 0 saturated carbocycles. The van der Waals surface area contributed by atoms with Gasteiger partial charge in [-0.1, -0.05) is 6.92 Å². The fourth-order valence-corrected chi connectivity index (χ4v) is 2.53. The molecule has 1 heterocycles. The Labute approximate surface area is 113 Å². The molecule has 0 spiro atoms. The Morgan fingerprint density at radius 1 is 1.41 bits per heavy atom. The summed E-state index contributed by atoms with van der Waals surface area (Å²) in [6.45, 7) is 2.11. The van der Waals surface area contributed by atoms with Crippen molar-refractivity contribution in [2.75, 3.05) is 7.11 Å². The van der Waals surface area contributed by atoms with E-state index >= 15 is 0 Å². The number of carbonyl (C=O) groups excluding carboxylic acids is 1. The summed E-state index contributed by atoms with van der Waals surface area (Å²) in [7, 11) is 1.39. The van der Waals surface area contributed by atoms with E-state index in [9.17, 15) is 4.79 Å². The molecule has 2 rings (SSSR count). The molecular formula is C13H13IO3.